The minimum absolute atomic E-state index is 0.460. The van der Waals surface area contributed by atoms with Crippen LogP contribution in [-0.4, -0.2) is 11.4 Å². The first-order valence-electron chi connectivity index (χ1n) is 6.50. The van der Waals surface area contributed by atoms with Crippen molar-refractivity contribution in [1.82, 2.24) is 4.90 Å². The van der Waals surface area contributed by atoms with Gasteiger partial charge in [-0.25, -0.2) is 0 Å². The average Bonchev–Trinajstić information content (AvgIpc) is 2.37. The molecule has 0 saturated carbocycles. The van der Waals surface area contributed by atoms with E-state index >= 15 is 0 Å². The zero-order chi connectivity index (χ0) is 13.0. The molecule has 2 bridgehead atoms. The molecule has 2 aromatic rings. The summed E-state index contributed by atoms with van der Waals surface area (Å²) in [4.78, 5) is 2.47. The first-order valence-corrected chi connectivity index (χ1v) is 7.25. The Morgan fingerprint density at radius 3 is 1.89 bits per heavy atom. The Kier molecular flexibility index (Phi) is 2.63. The lowest BCUT2D eigenvalue weighted by molar-refractivity contribution is 0.215. The number of benzene rings is 2. The summed E-state index contributed by atoms with van der Waals surface area (Å²) >= 11 is 12.2. The third-order valence-corrected chi connectivity index (χ3v) is 4.66. The summed E-state index contributed by atoms with van der Waals surface area (Å²) in [6.07, 6.45) is 0. The molecule has 0 radical (unpaired) electrons. The molecule has 2 aliphatic heterocycles. The highest BCUT2D eigenvalue weighted by Crippen LogP contribution is 2.41. The number of nitrogens with zero attached hydrogens (tertiary/aromatic N) is 1. The molecular formula is C16H13Cl2N. The molecule has 19 heavy (non-hydrogen) atoms. The Morgan fingerprint density at radius 1 is 0.842 bits per heavy atom. The molecule has 0 aliphatic carbocycles. The molecule has 2 aliphatic rings. The lowest BCUT2D eigenvalue weighted by atomic mass is 9.79. The van der Waals surface area contributed by atoms with Crippen LogP contribution < -0.4 is 0 Å². The van der Waals surface area contributed by atoms with Crippen LogP contribution in [0.15, 0.2) is 36.4 Å². The standard InChI is InChI=1S/C16H13Cl2N/c17-12-1-3-14-10(5-12)7-19-8-11-6-13(18)2-4-15(11)16(14)9-19/h1-6,16H,7-9H2. The third-order valence-electron chi connectivity index (χ3n) is 4.19. The normalized spacial score (nSPS) is 23.7. The smallest absolute Gasteiger partial charge is 0.0409 e. The number of rotatable bonds is 0. The molecule has 4 rings (SSSR count). The monoisotopic (exact) mass is 289 g/mol. The van der Waals surface area contributed by atoms with Crippen molar-refractivity contribution >= 4 is 23.2 Å². The van der Waals surface area contributed by atoms with E-state index in [1.165, 1.54) is 22.3 Å². The van der Waals surface area contributed by atoms with Crippen LogP contribution in [0, 0.1) is 0 Å². The van der Waals surface area contributed by atoms with E-state index in [2.05, 4.69) is 29.2 Å². The van der Waals surface area contributed by atoms with Crippen molar-refractivity contribution in [3.63, 3.8) is 0 Å². The van der Waals surface area contributed by atoms with Crippen molar-refractivity contribution in [2.75, 3.05) is 6.54 Å². The van der Waals surface area contributed by atoms with Gasteiger partial charge in [0.05, 0.1) is 0 Å². The van der Waals surface area contributed by atoms with E-state index in [1.807, 2.05) is 12.1 Å². The second-order valence-electron chi connectivity index (χ2n) is 5.41. The molecule has 2 aromatic carbocycles. The Hall–Kier alpha value is -1.02. The quantitative estimate of drug-likeness (QED) is 0.692. The van der Waals surface area contributed by atoms with Gasteiger partial charge in [-0.3, -0.25) is 4.90 Å². The van der Waals surface area contributed by atoms with E-state index < -0.39 is 0 Å². The predicted molar refractivity (Wildman–Crippen MR) is 78.9 cm³/mol. The van der Waals surface area contributed by atoms with Crippen molar-refractivity contribution < 1.29 is 0 Å². The first-order chi connectivity index (χ1) is 9.20. The highest BCUT2D eigenvalue weighted by atomic mass is 35.5. The average molecular weight is 290 g/mol. The molecule has 0 N–H and O–H groups in total. The molecule has 0 aromatic heterocycles. The summed E-state index contributed by atoms with van der Waals surface area (Å²) in [6.45, 7) is 3.07. The number of hydrogen-bond donors (Lipinski definition) is 0. The number of halogens is 2. The zero-order valence-electron chi connectivity index (χ0n) is 10.4. The summed E-state index contributed by atoms with van der Waals surface area (Å²) in [7, 11) is 0. The second kappa shape index (κ2) is 4.24. The molecule has 0 saturated heterocycles. The van der Waals surface area contributed by atoms with E-state index in [9.17, 15) is 0 Å². The van der Waals surface area contributed by atoms with E-state index in [0.717, 1.165) is 29.7 Å². The highest BCUT2D eigenvalue weighted by Gasteiger charge is 2.32. The molecule has 2 heterocycles. The fourth-order valence-electron chi connectivity index (χ4n) is 3.39. The molecule has 96 valence electrons. The predicted octanol–water partition coefficient (Wildman–Crippen LogP) is 4.45. The van der Waals surface area contributed by atoms with Crippen LogP contribution >= 0.6 is 23.2 Å². The molecule has 0 spiro atoms. The van der Waals surface area contributed by atoms with Crippen molar-refractivity contribution in [1.29, 1.82) is 0 Å². The van der Waals surface area contributed by atoms with E-state index in [0.29, 0.717) is 5.92 Å². The highest BCUT2D eigenvalue weighted by molar-refractivity contribution is 6.31. The van der Waals surface area contributed by atoms with Gasteiger partial charge in [0.15, 0.2) is 0 Å². The molecular weight excluding hydrogens is 277 g/mol. The molecule has 0 unspecified atom stereocenters. The maximum absolute atomic E-state index is 6.12. The fraction of sp³-hybridized carbons (Fsp3) is 0.250. The molecule has 0 fully saturated rings. The van der Waals surface area contributed by atoms with Crippen LogP contribution in [0.4, 0.5) is 0 Å². The van der Waals surface area contributed by atoms with E-state index in [1.54, 1.807) is 0 Å². The first kappa shape index (κ1) is 11.8. The summed E-state index contributed by atoms with van der Waals surface area (Å²) in [6, 6.07) is 12.6. The van der Waals surface area contributed by atoms with Crippen molar-refractivity contribution in [2.24, 2.45) is 0 Å². The van der Waals surface area contributed by atoms with Crippen LogP contribution in [0.5, 0.6) is 0 Å². The van der Waals surface area contributed by atoms with Gasteiger partial charge in [0, 0.05) is 35.6 Å². The van der Waals surface area contributed by atoms with Gasteiger partial charge in [-0.1, -0.05) is 35.3 Å². The van der Waals surface area contributed by atoms with Gasteiger partial charge in [-0.15, -0.1) is 0 Å². The summed E-state index contributed by atoms with van der Waals surface area (Å²) in [5.41, 5.74) is 5.57. The van der Waals surface area contributed by atoms with Gasteiger partial charge >= 0.3 is 0 Å². The molecule has 3 heteroatoms. The summed E-state index contributed by atoms with van der Waals surface area (Å²) in [5.74, 6) is 0.460. The van der Waals surface area contributed by atoms with Crippen molar-refractivity contribution in [3.05, 3.63) is 68.7 Å². The number of fused-ring (bicyclic) bond motifs is 6. The SMILES string of the molecule is Clc1ccc2c(c1)CN1Cc3cc(Cl)ccc3C2C1. The van der Waals surface area contributed by atoms with Crippen molar-refractivity contribution in [3.8, 4) is 0 Å². The Bertz CT molecular complexity index is 610. The minimum atomic E-state index is 0.460. The zero-order valence-corrected chi connectivity index (χ0v) is 11.9. The van der Waals surface area contributed by atoms with Crippen molar-refractivity contribution in [2.45, 2.75) is 19.0 Å². The van der Waals surface area contributed by atoms with Gasteiger partial charge < -0.3 is 0 Å². The van der Waals surface area contributed by atoms with Gasteiger partial charge in [-0.05, 0) is 46.5 Å². The van der Waals surface area contributed by atoms with E-state index in [4.69, 9.17) is 23.2 Å². The lowest BCUT2D eigenvalue weighted by Crippen LogP contribution is -2.38. The van der Waals surface area contributed by atoms with Crippen LogP contribution in [0.3, 0.4) is 0 Å². The molecule has 0 amide bonds. The lowest BCUT2D eigenvalue weighted by Gasteiger charge is -2.40. The van der Waals surface area contributed by atoms with Crippen LogP contribution in [0.2, 0.25) is 10.0 Å². The maximum atomic E-state index is 6.12. The van der Waals surface area contributed by atoms with Crippen LogP contribution in [0.1, 0.15) is 28.2 Å². The third kappa shape index (κ3) is 1.88. The van der Waals surface area contributed by atoms with Gasteiger partial charge in [0.25, 0.3) is 0 Å². The minimum Gasteiger partial charge on any atom is -0.294 e. The Balaban J connectivity index is 1.90. The Morgan fingerprint density at radius 2 is 1.37 bits per heavy atom. The van der Waals surface area contributed by atoms with Crippen LogP contribution in [0.25, 0.3) is 0 Å². The number of hydrogen-bond acceptors (Lipinski definition) is 1. The summed E-state index contributed by atoms with van der Waals surface area (Å²) < 4.78 is 0. The molecule has 0 atom stereocenters. The largest absolute Gasteiger partial charge is 0.294 e. The van der Waals surface area contributed by atoms with Gasteiger partial charge in [-0.2, -0.15) is 0 Å². The molecule has 1 nitrogen and oxygen atoms in total. The van der Waals surface area contributed by atoms with Gasteiger partial charge in [0.1, 0.15) is 0 Å². The topological polar surface area (TPSA) is 3.24 Å². The van der Waals surface area contributed by atoms with E-state index in [-0.39, 0.29) is 0 Å². The second-order valence-corrected chi connectivity index (χ2v) is 6.28. The maximum Gasteiger partial charge on any atom is 0.0409 e. The summed E-state index contributed by atoms with van der Waals surface area (Å²) in [5, 5.41) is 1.66. The van der Waals surface area contributed by atoms with Crippen LogP contribution in [-0.2, 0) is 13.1 Å². The van der Waals surface area contributed by atoms with Gasteiger partial charge in [0.2, 0.25) is 0 Å². The fourth-order valence-corrected chi connectivity index (χ4v) is 3.78. The Labute approximate surface area is 122 Å².